The summed E-state index contributed by atoms with van der Waals surface area (Å²) in [5, 5.41) is 1.54. The van der Waals surface area contributed by atoms with Crippen molar-refractivity contribution in [2.75, 3.05) is 31.1 Å². The van der Waals surface area contributed by atoms with E-state index in [1.54, 1.807) is 0 Å². The van der Waals surface area contributed by atoms with Crippen LogP contribution in [0.25, 0.3) is 10.2 Å². The van der Waals surface area contributed by atoms with Gasteiger partial charge in [-0.1, -0.05) is 11.3 Å². The maximum atomic E-state index is 13.9. The van der Waals surface area contributed by atoms with E-state index in [4.69, 9.17) is 0 Å². The molecule has 0 unspecified atom stereocenters. The molecule has 1 fully saturated rings. The van der Waals surface area contributed by atoms with E-state index in [9.17, 15) is 13.6 Å². The largest absolute Gasteiger partial charge is 0.345 e. The molecule has 0 radical (unpaired) electrons. The average molecular weight is 394 g/mol. The Kier molecular flexibility index (Phi) is 4.36. The minimum Gasteiger partial charge on any atom is -0.345 e. The van der Waals surface area contributed by atoms with Crippen molar-refractivity contribution in [3.05, 3.63) is 39.3 Å². The van der Waals surface area contributed by atoms with Crippen molar-refractivity contribution >= 4 is 43.9 Å². The number of benzene rings is 1. The summed E-state index contributed by atoms with van der Waals surface area (Å²) in [4.78, 5) is 25.8. The number of piperazine rings is 1. The molecule has 0 aliphatic carbocycles. The van der Waals surface area contributed by atoms with Gasteiger partial charge in [-0.15, -0.1) is 11.3 Å². The van der Waals surface area contributed by atoms with Gasteiger partial charge in [0.15, 0.2) is 10.9 Å². The number of carbonyl (C=O) groups excluding carboxylic acids is 1. The lowest BCUT2D eigenvalue weighted by molar-refractivity contribution is 0.0750. The van der Waals surface area contributed by atoms with Crippen LogP contribution < -0.4 is 4.90 Å². The van der Waals surface area contributed by atoms with Gasteiger partial charge in [-0.3, -0.25) is 4.79 Å². The first-order valence-corrected chi connectivity index (χ1v) is 9.79. The van der Waals surface area contributed by atoms with Crippen LogP contribution in [0, 0.1) is 25.5 Å². The molecule has 5 nitrogen and oxygen atoms in total. The molecule has 1 aromatic carbocycles. The molecule has 9 heteroatoms. The van der Waals surface area contributed by atoms with E-state index in [1.165, 1.54) is 28.7 Å². The summed E-state index contributed by atoms with van der Waals surface area (Å²) in [5.41, 5.74) is 0.962. The van der Waals surface area contributed by atoms with Gasteiger partial charge in [0, 0.05) is 32.2 Å². The summed E-state index contributed by atoms with van der Waals surface area (Å²) in [6.45, 7) is 6.06. The van der Waals surface area contributed by atoms with E-state index in [0.29, 0.717) is 40.9 Å². The molecule has 0 saturated carbocycles. The van der Waals surface area contributed by atoms with Crippen LogP contribution in [0.15, 0.2) is 12.1 Å². The maximum absolute atomic E-state index is 13.9. The Morgan fingerprint density at radius 2 is 1.81 bits per heavy atom. The Morgan fingerprint density at radius 3 is 2.46 bits per heavy atom. The number of thiazole rings is 2. The van der Waals surface area contributed by atoms with Gasteiger partial charge in [0.25, 0.3) is 5.91 Å². The molecule has 2 aromatic heterocycles. The molecule has 1 saturated heterocycles. The van der Waals surface area contributed by atoms with Gasteiger partial charge in [0.2, 0.25) is 0 Å². The van der Waals surface area contributed by atoms with Crippen LogP contribution in [0.1, 0.15) is 20.4 Å². The molecule has 0 bridgehead atoms. The van der Waals surface area contributed by atoms with E-state index in [2.05, 4.69) is 9.97 Å². The Bertz CT molecular complexity index is 992. The van der Waals surface area contributed by atoms with Crippen molar-refractivity contribution in [1.29, 1.82) is 0 Å². The molecular weight excluding hydrogens is 378 g/mol. The standard InChI is InChI=1S/C17H16F2N4OS2/c1-9-15(25-10(2)20-9)16(24)22-3-5-23(6-4-22)17-21-14-12(19)7-11(18)8-13(14)26-17/h7-8H,3-6H2,1-2H3. The predicted octanol–water partition coefficient (Wildman–Crippen LogP) is 3.61. The zero-order valence-electron chi connectivity index (χ0n) is 14.3. The van der Waals surface area contributed by atoms with E-state index in [-0.39, 0.29) is 11.4 Å². The highest BCUT2D eigenvalue weighted by atomic mass is 32.1. The molecule has 1 aliphatic heterocycles. The second kappa shape index (κ2) is 6.55. The van der Waals surface area contributed by atoms with E-state index in [1.807, 2.05) is 23.6 Å². The topological polar surface area (TPSA) is 49.3 Å². The number of halogens is 2. The molecule has 26 heavy (non-hydrogen) atoms. The summed E-state index contributed by atoms with van der Waals surface area (Å²) in [7, 11) is 0. The van der Waals surface area contributed by atoms with Gasteiger partial charge in [-0.2, -0.15) is 0 Å². The fraction of sp³-hybridized carbons (Fsp3) is 0.353. The van der Waals surface area contributed by atoms with Crippen molar-refractivity contribution in [2.45, 2.75) is 13.8 Å². The van der Waals surface area contributed by atoms with Crippen LogP contribution in [-0.2, 0) is 0 Å². The molecule has 3 heterocycles. The Labute approximate surface area is 156 Å². The monoisotopic (exact) mass is 394 g/mol. The zero-order valence-corrected chi connectivity index (χ0v) is 15.9. The molecule has 3 aromatic rings. The molecule has 4 rings (SSSR count). The lowest BCUT2D eigenvalue weighted by atomic mass is 10.3. The minimum absolute atomic E-state index is 0.00478. The summed E-state index contributed by atoms with van der Waals surface area (Å²) >= 11 is 2.68. The van der Waals surface area contributed by atoms with Gasteiger partial charge in [0.05, 0.1) is 15.4 Å². The first kappa shape index (κ1) is 17.3. The summed E-state index contributed by atoms with van der Waals surface area (Å²) in [6.07, 6.45) is 0. The van der Waals surface area contributed by atoms with Crippen molar-refractivity contribution in [3.8, 4) is 0 Å². The molecule has 0 atom stereocenters. The Hall–Kier alpha value is -2.13. The van der Waals surface area contributed by atoms with E-state index in [0.717, 1.165) is 16.8 Å². The third-order valence-corrected chi connectivity index (χ3v) is 6.46. The van der Waals surface area contributed by atoms with Gasteiger partial charge in [0.1, 0.15) is 16.2 Å². The number of fused-ring (bicyclic) bond motifs is 1. The highest BCUT2D eigenvalue weighted by Gasteiger charge is 2.26. The van der Waals surface area contributed by atoms with E-state index < -0.39 is 11.6 Å². The van der Waals surface area contributed by atoms with Crippen molar-refractivity contribution in [2.24, 2.45) is 0 Å². The highest BCUT2D eigenvalue weighted by molar-refractivity contribution is 7.22. The fourth-order valence-corrected chi connectivity index (χ4v) is 5.00. The van der Waals surface area contributed by atoms with E-state index >= 15 is 0 Å². The minimum atomic E-state index is -0.646. The molecule has 1 aliphatic rings. The molecule has 1 amide bonds. The number of rotatable bonds is 2. The normalized spacial score (nSPS) is 15.1. The number of hydrogen-bond donors (Lipinski definition) is 0. The van der Waals surface area contributed by atoms with Gasteiger partial charge in [-0.05, 0) is 19.9 Å². The van der Waals surface area contributed by atoms with Crippen LogP contribution >= 0.6 is 22.7 Å². The SMILES string of the molecule is Cc1nc(C)c(C(=O)N2CCN(c3nc4c(F)cc(F)cc4s3)CC2)s1. The number of aromatic nitrogens is 2. The first-order valence-electron chi connectivity index (χ1n) is 8.16. The zero-order chi connectivity index (χ0) is 18.4. The third-order valence-electron chi connectivity index (χ3n) is 4.34. The Morgan fingerprint density at radius 1 is 1.08 bits per heavy atom. The average Bonchev–Trinajstić information content (AvgIpc) is 3.17. The van der Waals surface area contributed by atoms with Crippen molar-refractivity contribution in [3.63, 3.8) is 0 Å². The molecular formula is C17H16F2N4OS2. The quantitative estimate of drug-likeness (QED) is 0.666. The van der Waals surface area contributed by atoms with Crippen LogP contribution in [-0.4, -0.2) is 47.0 Å². The maximum Gasteiger partial charge on any atom is 0.265 e. The van der Waals surface area contributed by atoms with Crippen LogP contribution in [0.2, 0.25) is 0 Å². The second-order valence-corrected chi connectivity index (χ2v) is 8.37. The Balaban J connectivity index is 1.49. The van der Waals surface area contributed by atoms with Crippen molar-refractivity contribution < 1.29 is 13.6 Å². The third kappa shape index (κ3) is 3.05. The van der Waals surface area contributed by atoms with Crippen LogP contribution in [0.5, 0.6) is 0 Å². The van der Waals surface area contributed by atoms with Crippen molar-refractivity contribution in [1.82, 2.24) is 14.9 Å². The first-order chi connectivity index (χ1) is 12.4. The van der Waals surface area contributed by atoms with Gasteiger partial charge >= 0.3 is 0 Å². The number of anilines is 1. The van der Waals surface area contributed by atoms with Gasteiger partial charge < -0.3 is 9.80 Å². The van der Waals surface area contributed by atoms with Gasteiger partial charge in [-0.25, -0.2) is 18.7 Å². The number of aryl methyl sites for hydroxylation is 2. The number of carbonyl (C=O) groups is 1. The predicted molar refractivity (Wildman–Crippen MR) is 99.2 cm³/mol. The lowest BCUT2D eigenvalue weighted by Crippen LogP contribution is -2.48. The molecule has 136 valence electrons. The number of hydrogen-bond acceptors (Lipinski definition) is 6. The molecule has 0 N–H and O–H groups in total. The smallest absolute Gasteiger partial charge is 0.265 e. The second-order valence-electron chi connectivity index (χ2n) is 6.16. The van der Waals surface area contributed by atoms with Crippen LogP contribution in [0.3, 0.4) is 0 Å². The fourth-order valence-electron chi connectivity index (χ4n) is 3.05. The lowest BCUT2D eigenvalue weighted by Gasteiger charge is -2.34. The summed E-state index contributed by atoms with van der Waals surface area (Å²) < 4.78 is 27.7. The molecule has 0 spiro atoms. The highest BCUT2D eigenvalue weighted by Crippen LogP contribution is 2.31. The van der Waals surface area contributed by atoms with Crippen LogP contribution in [0.4, 0.5) is 13.9 Å². The summed E-state index contributed by atoms with van der Waals surface area (Å²) in [6, 6.07) is 2.15. The number of amides is 1. The summed E-state index contributed by atoms with van der Waals surface area (Å²) in [5.74, 6) is -1.24. The number of nitrogens with zero attached hydrogens (tertiary/aromatic N) is 4.